The van der Waals surface area contributed by atoms with E-state index >= 15 is 0 Å². The van der Waals surface area contributed by atoms with E-state index < -0.39 is 5.91 Å². The molecule has 2 rings (SSSR count). The number of aromatic nitrogens is 2. The predicted octanol–water partition coefficient (Wildman–Crippen LogP) is 2.20. The van der Waals surface area contributed by atoms with Crippen molar-refractivity contribution in [2.24, 2.45) is 17.6 Å². The molecular weight excluding hydrogens is 240 g/mol. The summed E-state index contributed by atoms with van der Waals surface area (Å²) < 4.78 is 0. The molecule has 1 fully saturated rings. The zero-order valence-electron chi connectivity index (χ0n) is 11.4. The van der Waals surface area contributed by atoms with Crippen molar-refractivity contribution in [1.82, 2.24) is 10.2 Å². The summed E-state index contributed by atoms with van der Waals surface area (Å²) in [4.78, 5) is 10.9. The van der Waals surface area contributed by atoms with Crippen LogP contribution in [0.4, 0.5) is 5.82 Å². The summed E-state index contributed by atoms with van der Waals surface area (Å²) in [7, 11) is 0. The van der Waals surface area contributed by atoms with E-state index in [2.05, 4.69) is 22.4 Å². The van der Waals surface area contributed by atoms with Crippen molar-refractivity contribution < 1.29 is 4.79 Å². The first-order valence-electron chi connectivity index (χ1n) is 7.02. The second kappa shape index (κ2) is 6.50. The molecule has 1 aliphatic carbocycles. The van der Waals surface area contributed by atoms with Gasteiger partial charge in [0.15, 0.2) is 5.69 Å². The fourth-order valence-corrected chi connectivity index (χ4v) is 2.78. The van der Waals surface area contributed by atoms with Crippen molar-refractivity contribution in [3.8, 4) is 0 Å². The number of hydrogen-bond acceptors (Lipinski definition) is 4. The van der Waals surface area contributed by atoms with Gasteiger partial charge in [0.1, 0.15) is 5.82 Å². The number of primary amides is 1. The second-order valence-electron chi connectivity index (χ2n) is 5.52. The maximum absolute atomic E-state index is 10.9. The first kappa shape index (κ1) is 13.8. The Morgan fingerprint density at radius 2 is 2.26 bits per heavy atom. The van der Waals surface area contributed by atoms with Gasteiger partial charge < -0.3 is 11.1 Å². The molecule has 5 nitrogen and oxygen atoms in total. The number of amides is 1. The maximum Gasteiger partial charge on any atom is 0.269 e. The molecule has 0 aromatic carbocycles. The molecule has 1 heterocycles. The third-order valence-corrected chi connectivity index (χ3v) is 3.82. The highest BCUT2D eigenvalue weighted by Crippen LogP contribution is 2.30. The van der Waals surface area contributed by atoms with E-state index in [0.717, 1.165) is 18.4 Å². The van der Waals surface area contributed by atoms with E-state index in [0.29, 0.717) is 5.82 Å². The van der Waals surface area contributed by atoms with Crippen LogP contribution < -0.4 is 11.1 Å². The van der Waals surface area contributed by atoms with Gasteiger partial charge in [0.25, 0.3) is 5.91 Å². The molecule has 0 saturated heterocycles. The maximum atomic E-state index is 10.9. The van der Waals surface area contributed by atoms with E-state index in [1.807, 2.05) is 0 Å². The molecule has 2 unspecified atom stereocenters. The van der Waals surface area contributed by atoms with Crippen molar-refractivity contribution in [2.75, 3.05) is 11.9 Å². The fourth-order valence-electron chi connectivity index (χ4n) is 2.78. The second-order valence-corrected chi connectivity index (χ2v) is 5.52. The van der Waals surface area contributed by atoms with Gasteiger partial charge in [-0.15, -0.1) is 10.2 Å². The summed E-state index contributed by atoms with van der Waals surface area (Å²) in [6.07, 6.45) is 6.60. The highest BCUT2D eigenvalue weighted by molar-refractivity contribution is 5.90. The molecule has 2 atom stereocenters. The Kier molecular flexibility index (Phi) is 4.71. The molecular formula is C14H22N4O. The number of carbonyl (C=O) groups excluding carboxylic acids is 1. The van der Waals surface area contributed by atoms with Crippen molar-refractivity contribution in [2.45, 2.75) is 39.0 Å². The van der Waals surface area contributed by atoms with Gasteiger partial charge in [-0.05, 0) is 36.8 Å². The third-order valence-electron chi connectivity index (χ3n) is 3.82. The molecule has 19 heavy (non-hydrogen) atoms. The molecule has 5 heteroatoms. The number of nitrogens with one attached hydrogen (secondary N) is 1. The lowest BCUT2D eigenvalue weighted by molar-refractivity contribution is 0.0994. The molecule has 1 aliphatic rings. The smallest absolute Gasteiger partial charge is 0.269 e. The van der Waals surface area contributed by atoms with E-state index in [1.54, 1.807) is 12.1 Å². The molecule has 104 valence electrons. The number of anilines is 1. The summed E-state index contributed by atoms with van der Waals surface area (Å²) in [6.45, 7) is 3.25. The summed E-state index contributed by atoms with van der Waals surface area (Å²) in [5.74, 6) is 1.85. The summed E-state index contributed by atoms with van der Waals surface area (Å²) >= 11 is 0. The largest absolute Gasteiger partial charge is 0.369 e. The van der Waals surface area contributed by atoms with Crippen LogP contribution in [0.25, 0.3) is 0 Å². The van der Waals surface area contributed by atoms with Crippen LogP contribution in [0.5, 0.6) is 0 Å². The van der Waals surface area contributed by atoms with Gasteiger partial charge in [0.2, 0.25) is 0 Å². The minimum absolute atomic E-state index is 0.201. The number of nitrogens with two attached hydrogens (primary N) is 1. The Balaban J connectivity index is 1.74. The van der Waals surface area contributed by atoms with Crippen molar-refractivity contribution in [1.29, 1.82) is 0 Å². The molecule has 3 N–H and O–H groups in total. The van der Waals surface area contributed by atoms with Gasteiger partial charge in [-0.1, -0.05) is 26.2 Å². The minimum atomic E-state index is -0.546. The van der Waals surface area contributed by atoms with Crippen LogP contribution >= 0.6 is 0 Å². The SMILES string of the molecule is CC1CCCC(CCNc2ccc(C(N)=O)nn2)C1. The van der Waals surface area contributed by atoms with Crippen molar-refractivity contribution >= 4 is 11.7 Å². The Morgan fingerprint density at radius 3 is 2.89 bits per heavy atom. The Morgan fingerprint density at radius 1 is 1.42 bits per heavy atom. The molecule has 0 spiro atoms. The minimum Gasteiger partial charge on any atom is -0.369 e. The summed E-state index contributed by atoms with van der Waals surface area (Å²) in [5.41, 5.74) is 5.31. The van der Waals surface area contributed by atoms with E-state index in [-0.39, 0.29) is 5.69 Å². The lowest BCUT2D eigenvalue weighted by Gasteiger charge is -2.26. The zero-order chi connectivity index (χ0) is 13.7. The van der Waals surface area contributed by atoms with Gasteiger partial charge >= 0.3 is 0 Å². The van der Waals surface area contributed by atoms with E-state index in [4.69, 9.17) is 5.73 Å². The lowest BCUT2D eigenvalue weighted by atomic mass is 9.81. The van der Waals surface area contributed by atoms with Crippen LogP contribution in [-0.4, -0.2) is 22.6 Å². The molecule has 1 aromatic heterocycles. The number of rotatable bonds is 5. The Hall–Kier alpha value is -1.65. The van der Waals surface area contributed by atoms with Crippen LogP contribution in [0.3, 0.4) is 0 Å². The quantitative estimate of drug-likeness (QED) is 0.852. The number of nitrogens with zero attached hydrogens (tertiary/aromatic N) is 2. The zero-order valence-corrected chi connectivity index (χ0v) is 11.4. The topological polar surface area (TPSA) is 80.9 Å². The predicted molar refractivity (Wildman–Crippen MR) is 74.8 cm³/mol. The van der Waals surface area contributed by atoms with Crippen LogP contribution in [0, 0.1) is 11.8 Å². The van der Waals surface area contributed by atoms with Crippen LogP contribution in [0.15, 0.2) is 12.1 Å². The van der Waals surface area contributed by atoms with Gasteiger partial charge in [0, 0.05) is 6.54 Å². The molecule has 1 saturated carbocycles. The molecule has 0 aliphatic heterocycles. The van der Waals surface area contributed by atoms with Crippen LogP contribution in [0.2, 0.25) is 0 Å². The molecule has 1 amide bonds. The van der Waals surface area contributed by atoms with Crippen molar-refractivity contribution in [3.05, 3.63) is 17.8 Å². The van der Waals surface area contributed by atoms with E-state index in [1.165, 1.54) is 32.1 Å². The first-order valence-corrected chi connectivity index (χ1v) is 7.02. The Bertz CT molecular complexity index is 418. The monoisotopic (exact) mass is 262 g/mol. The number of carbonyl (C=O) groups is 1. The van der Waals surface area contributed by atoms with Crippen LogP contribution in [0.1, 0.15) is 49.5 Å². The van der Waals surface area contributed by atoms with Gasteiger partial charge in [0.05, 0.1) is 0 Å². The first-order chi connectivity index (χ1) is 9.15. The van der Waals surface area contributed by atoms with E-state index in [9.17, 15) is 4.79 Å². The van der Waals surface area contributed by atoms with Crippen LogP contribution in [-0.2, 0) is 0 Å². The van der Waals surface area contributed by atoms with Gasteiger partial charge in [-0.25, -0.2) is 0 Å². The molecule has 1 aromatic rings. The van der Waals surface area contributed by atoms with Crippen molar-refractivity contribution in [3.63, 3.8) is 0 Å². The highest BCUT2D eigenvalue weighted by atomic mass is 16.1. The highest BCUT2D eigenvalue weighted by Gasteiger charge is 2.18. The summed E-state index contributed by atoms with van der Waals surface area (Å²) in [5, 5.41) is 11.0. The standard InChI is InChI=1S/C14H22N4O/c1-10-3-2-4-11(9-10)7-8-16-13-6-5-12(14(15)19)17-18-13/h5-6,10-11H,2-4,7-9H2,1H3,(H2,15,19)(H,16,18). The fraction of sp³-hybridized carbons (Fsp3) is 0.643. The summed E-state index contributed by atoms with van der Waals surface area (Å²) in [6, 6.07) is 3.34. The average Bonchev–Trinajstić information content (AvgIpc) is 2.39. The average molecular weight is 262 g/mol. The third kappa shape index (κ3) is 4.19. The van der Waals surface area contributed by atoms with Gasteiger partial charge in [-0.3, -0.25) is 4.79 Å². The Labute approximate surface area is 114 Å². The lowest BCUT2D eigenvalue weighted by Crippen LogP contribution is -2.17. The molecule has 0 bridgehead atoms. The van der Waals surface area contributed by atoms with Gasteiger partial charge in [-0.2, -0.15) is 0 Å². The number of hydrogen-bond donors (Lipinski definition) is 2. The molecule has 0 radical (unpaired) electrons. The normalized spacial score (nSPS) is 23.0.